The molecular formula is C31H30ClN5O4Si. The van der Waals surface area contributed by atoms with Gasteiger partial charge in [0.25, 0.3) is 0 Å². The summed E-state index contributed by atoms with van der Waals surface area (Å²) in [4.78, 5) is 15.8. The number of nitrogen functional groups attached to an aromatic ring is 1. The standard InChI is InChI=1S/C31H30ClN5O4Si/c1-42(2,3)12-11-40-31(39)20-7-9-26-21(14-20)15-27(36-26)29(38)24-18-35-37(30(24)34)28-10-8-23(16-25(28)32)41-22-6-4-5-19(13-22)17-33/h4-10,13-16,18,29,36,38H,11-12,34H2,1-3H3. The van der Waals surface area contributed by atoms with Gasteiger partial charge in [-0.1, -0.05) is 37.3 Å². The summed E-state index contributed by atoms with van der Waals surface area (Å²) in [6.07, 6.45) is 0.383. The number of ether oxygens (including phenoxy) is 2. The SMILES string of the molecule is C[Si](C)(C)CCOC(=O)c1ccc2[nH]c(C(O)c3cnn(-c4ccc(Oc5cccc(C#N)c5)cc4Cl)c3N)cc2c1. The topological polar surface area (TPSA) is 139 Å². The number of nitrogens with one attached hydrogen (secondary N) is 1. The molecule has 214 valence electrons. The number of H-pyrrole nitrogens is 1. The Morgan fingerprint density at radius 1 is 1.14 bits per heavy atom. The van der Waals surface area contributed by atoms with Crippen LogP contribution in [-0.2, 0) is 4.74 Å². The minimum absolute atomic E-state index is 0.213. The number of nitrogens with zero attached hydrogens (tertiary/aromatic N) is 3. The molecular weight excluding hydrogens is 570 g/mol. The first-order valence-corrected chi connectivity index (χ1v) is 17.4. The van der Waals surface area contributed by atoms with Crippen LogP contribution in [0.2, 0.25) is 30.7 Å². The van der Waals surface area contributed by atoms with Crippen molar-refractivity contribution in [1.29, 1.82) is 5.26 Å². The van der Waals surface area contributed by atoms with Crippen LogP contribution in [0.5, 0.6) is 11.5 Å². The summed E-state index contributed by atoms with van der Waals surface area (Å²) in [7, 11) is -1.31. The van der Waals surface area contributed by atoms with Crippen molar-refractivity contribution in [2.24, 2.45) is 0 Å². The number of nitriles is 1. The van der Waals surface area contributed by atoms with E-state index in [4.69, 9.17) is 32.1 Å². The van der Waals surface area contributed by atoms with Crippen LogP contribution in [0, 0.1) is 11.3 Å². The number of hydrogen-bond donors (Lipinski definition) is 3. The van der Waals surface area contributed by atoms with Crippen molar-refractivity contribution in [2.75, 3.05) is 12.3 Å². The van der Waals surface area contributed by atoms with Gasteiger partial charge in [-0.2, -0.15) is 10.4 Å². The molecule has 0 spiro atoms. The molecule has 0 aliphatic rings. The van der Waals surface area contributed by atoms with Gasteiger partial charge in [0.05, 0.1) is 40.7 Å². The van der Waals surface area contributed by atoms with Crippen molar-refractivity contribution < 1.29 is 19.4 Å². The summed E-state index contributed by atoms with van der Waals surface area (Å²) in [5.41, 5.74) is 9.49. The van der Waals surface area contributed by atoms with Gasteiger partial charge in [0.2, 0.25) is 0 Å². The van der Waals surface area contributed by atoms with Gasteiger partial charge >= 0.3 is 5.97 Å². The average molecular weight is 600 g/mol. The molecule has 2 aromatic heterocycles. The Kier molecular flexibility index (Phi) is 8.09. The molecule has 5 aromatic rings. The molecule has 1 atom stereocenters. The first-order valence-electron chi connectivity index (χ1n) is 13.3. The zero-order chi connectivity index (χ0) is 30.0. The fourth-order valence-electron chi connectivity index (χ4n) is 4.39. The van der Waals surface area contributed by atoms with E-state index in [1.54, 1.807) is 66.7 Å². The molecule has 5 rings (SSSR count). The van der Waals surface area contributed by atoms with Gasteiger partial charge in [-0.3, -0.25) is 0 Å². The smallest absolute Gasteiger partial charge is 0.338 e. The number of aliphatic hydroxyl groups excluding tert-OH is 1. The highest BCUT2D eigenvalue weighted by Gasteiger charge is 2.22. The Morgan fingerprint density at radius 3 is 2.67 bits per heavy atom. The van der Waals surface area contributed by atoms with Crippen molar-refractivity contribution >= 4 is 42.4 Å². The van der Waals surface area contributed by atoms with Gasteiger partial charge < -0.3 is 25.3 Å². The number of benzene rings is 3. The van der Waals surface area contributed by atoms with Crippen LogP contribution in [-0.4, -0.2) is 40.5 Å². The molecule has 0 saturated heterocycles. The summed E-state index contributed by atoms with van der Waals surface area (Å²) in [5.74, 6) is 0.825. The van der Waals surface area contributed by atoms with Crippen LogP contribution < -0.4 is 10.5 Å². The second kappa shape index (κ2) is 11.7. The van der Waals surface area contributed by atoms with Gasteiger partial charge in [0.15, 0.2) is 0 Å². The molecule has 9 nitrogen and oxygen atoms in total. The number of carbonyl (C=O) groups excluding carboxylic acids is 1. The fraction of sp³-hybridized carbons (Fsp3) is 0.194. The molecule has 0 bridgehead atoms. The summed E-state index contributed by atoms with van der Waals surface area (Å²) >= 11 is 6.56. The maximum Gasteiger partial charge on any atom is 0.338 e. The molecule has 3 aromatic carbocycles. The highest BCUT2D eigenvalue weighted by Crippen LogP contribution is 2.34. The molecule has 0 saturated carbocycles. The fourth-order valence-corrected chi connectivity index (χ4v) is 5.36. The predicted molar refractivity (Wildman–Crippen MR) is 165 cm³/mol. The van der Waals surface area contributed by atoms with E-state index < -0.39 is 14.2 Å². The Morgan fingerprint density at radius 2 is 1.93 bits per heavy atom. The van der Waals surface area contributed by atoms with E-state index in [0.717, 1.165) is 16.9 Å². The zero-order valence-electron chi connectivity index (χ0n) is 23.4. The maximum absolute atomic E-state index is 12.6. The number of aromatic nitrogens is 3. The van der Waals surface area contributed by atoms with Gasteiger partial charge in [-0.15, -0.1) is 0 Å². The molecule has 1 unspecified atom stereocenters. The number of nitrogens with two attached hydrogens (primary N) is 1. The molecule has 0 radical (unpaired) electrons. The third-order valence-corrected chi connectivity index (χ3v) is 8.74. The van der Waals surface area contributed by atoms with Crippen LogP contribution in [0.15, 0.2) is 72.9 Å². The first-order chi connectivity index (χ1) is 20.0. The summed E-state index contributed by atoms with van der Waals surface area (Å²) in [6, 6.07) is 21.8. The van der Waals surface area contributed by atoms with Crippen molar-refractivity contribution in [2.45, 2.75) is 31.8 Å². The Balaban J connectivity index is 1.33. The highest BCUT2D eigenvalue weighted by atomic mass is 35.5. The molecule has 11 heteroatoms. The lowest BCUT2D eigenvalue weighted by atomic mass is 10.1. The molecule has 0 amide bonds. The Bertz CT molecular complexity index is 1820. The third-order valence-electron chi connectivity index (χ3n) is 6.73. The molecule has 4 N–H and O–H groups in total. The monoisotopic (exact) mass is 599 g/mol. The second-order valence-corrected chi connectivity index (χ2v) is 17.2. The minimum Gasteiger partial charge on any atom is -0.462 e. The van der Waals surface area contributed by atoms with Crippen LogP contribution in [0.25, 0.3) is 16.6 Å². The number of carbonyl (C=O) groups is 1. The number of fused-ring (bicyclic) bond motifs is 1. The van der Waals surface area contributed by atoms with Crippen molar-refractivity contribution in [1.82, 2.24) is 14.8 Å². The summed E-state index contributed by atoms with van der Waals surface area (Å²) in [5, 5.41) is 25.8. The quantitative estimate of drug-likeness (QED) is 0.125. The molecule has 0 aliphatic heterocycles. The van der Waals surface area contributed by atoms with Crippen molar-refractivity contribution in [3.8, 4) is 23.3 Å². The third kappa shape index (κ3) is 6.34. The van der Waals surface area contributed by atoms with E-state index in [1.165, 1.54) is 10.9 Å². The number of anilines is 1. The zero-order valence-corrected chi connectivity index (χ0v) is 25.1. The van der Waals surface area contributed by atoms with E-state index in [-0.39, 0.29) is 11.8 Å². The molecule has 0 aliphatic carbocycles. The lowest BCUT2D eigenvalue weighted by molar-refractivity contribution is 0.0525. The number of hydrogen-bond acceptors (Lipinski definition) is 7. The maximum atomic E-state index is 12.6. The molecule has 42 heavy (non-hydrogen) atoms. The average Bonchev–Trinajstić information content (AvgIpc) is 3.55. The highest BCUT2D eigenvalue weighted by molar-refractivity contribution is 6.76. The largest absolute Gasteiger partial charge is 0.462 e. The van der Waals surface area contributed by atoms with E-state index in [0.29, 0.717) is 51.2 Å². The van der Waals surface area contributed by atoms with E-state index >= 15 is 0 Å². The van der Waals surface area contributed by atoms with Gasteiger partial charge in [-0.05, 0) is 60.6 Å². The number of halogens is 1. The van der Waals surface area contributed by atoms with Crippen molar-refractivity contribution in [3.63, 3.8) is 0 Å². The van der Waals surface area contributed by atoms with Crippen LogP contribution in [0.3, 0.4) is 0 Å². The lowest BCUT2D eigenvalue weighted by Crippen LogP contribution is -2.22. The number of aliphatic hydroxyl groups is 1. The minimum atomic E-state index is -1.31. The van der Waals surface area contributed by atoms with E-state index in [1.807, 2.05) is 0 Å². The summed E-state index contributed by atoms with van der Waals surface area (Å²) in [6.45, 7) is 7.10. The van der Waals surface area contributed by atoms with Crippen LogP contribution in [0.1, 0.15) is 33.3 Å². The Hall–Kier alpha value is -4.56. The van der Waals surface area contributed by atoms with Crippen molar-refractivity contribution in [3.05, 3.63) is 100 Å². The predicted octanol–water partition coefficient (Wildman–Crippen LogP) is 6.83. The van der Waals surface area contributed by atoms with Crippen LogP contribution in [0.4, 0.5) is 5.82 Å². The normalized spacial score (nSPS) is 12.2. The van der Waals surface area contributed by atoms with Crippen LogP contribution >= 0.6 is 11.6 Å². The molecule has 2 heterocycles. The van der Waals surface area contributed by atoms with E-state index in [9.17, 15) is 9.90 Å². The number of aromatic amines is 1. The lowest BCUT2D eigenvalue weighted by Gasteiger charge is -2.15. The number of esters is 1. The second-order valence-electron chi connectivity index (χ2n) is 11.1. The van der Waals surface area contributed by atoms with E-state index in [2.05, 4.69) is 35.8 Å². The van der Waals surface area contributed by atoms with Gasteiger partial charge in [0.1, 0.15) is 23.4 Å². The van der Waals surface area contributed by atoms with Gasteiger partial charge in [0, 0.05) is 36.3 Å². The number of rotatable bonds is 9. The molecule has 0 fully saturated rings. The Labute approximate surface area is 249 Å². The summed E-state index contributed by atoms with van der Waals surface area (Å²) < 4.78 is 12.8. The first kappa shape index (κ1) is 28.9. The van der Waals surface area contributed by atoms with Gasteiger partial charge in [-0.25, -0.2) is 9.48 Å².